The summed E-state index contributed by atoms with van der Waals surface area (Å²) < 4.78 is 30.8. The molecule has 114 valence electrons. The zero-order chi connectivity index (χ0) is 15.7. The van der Waals surface area contributed by atoms with Gasteiger partial charge in [0.15, 0.2) is 17.3 Å². The lowest BCUT2D eigenvalue weighted by atomic mass is 10.3. The summed E-state index contributed by atoms with van der Waals surface area (Å²) in [5, 5.41) is 4.80. The van der Waals surface area contributed by atoms with Gasteiger partial charge in [0.1, 0.15) is 6.26 Å². The van der Waals surface area contributed by atoms with Gasteiger partial charge in [0, 0.05) is 17.7 Å². The molecule has 1 aliphatic rings. The minimum absolute atomic E-state index is 0.0219. The van der Waals surface area contributed by atoms with Crippen LogP contribution in [-0.4, -0.2) is 16.8 Å². The first-order valence-corrected chi connectivity index (χ1v) is 6.56. The summed E-state index contributed by atoms with van der Waals surface area (Å²) in [4.78, 5) is 27.2. The summed E-state index contributed by atoms with van der Waals surface area (Å²) in [7, 11) is 0. The van der Waals surface area contributed by atoms with Gasteiger partial charge >= 0.3 is 6.01 Å². The molecule has 1 aromatic carbocycles. The zero-order valence-corrected chi connectivity index (χ0v) is 11.2. The number of benzene rings is 1. The Bertz CT molecular complexity index is 741. The Balaban J connectivity index is 1.65. The number of hydrogen-bond donors (Lipinski definition) is 2. The van der Waals surface area contributed by atoms with Gasteiger partial charge in [0.25, 0.3) is 5.91 Å². The number of amides is 2. The van der Waals surface area contributed by atoms with Crippen LogP contribution >= 0.6 is 0 Å². The van der Waals surface area contributed by atoms with E-state index in [1.807, 2.05) is 0 Å². The topological polar surface area (TPSA) is 84.2 Å². The minimum atomic E-state index is -1.07. The van der Waals surface area contributed by atoms with E-state index in [9.17, 15) is 18.4 Å². The van der Waals surface area contributed by atoms with Crippen LogP contribution in [0.3, 0.4) is 0 Å². The van der Waals surface area contributed by atoms with Crippen LogP contribution in [-0.2, 0) is 4.79 Å². The Kier molecular flexibility index (Phi) is 3.58. The first kappa shape index (κ1) is 14.2. The molecule has 1 fully saturated rings. The number of aromatic nitrogens is 1. The van der Waals surface area contributed by atoms with E-state index in [0.717, 1.165) is 31.2 Å². The number of hydrogen-bond acceptors (Lipinski definition) is 4. The fourth-order valence-electron chi connectivity index (χ4n) is 1.76. The predicted molar refractivity (Wildman–Crippen MR) is 72.2 cm³/mol. The van der Waals surface area contributed by atoms with Crippen molar-refractivity contribution in [2.24, 2.45) is 5.92 Å². The summed E-state index contributed by atoms with van der Waals surface area (Å²) in [6.07, 6.45) is 2.73. The van der Waals surface area contributed by atoms with Crippen molar-refractivity contribution in [2.75, 3.05) is 10.6 Å². The molecular weight excluding hydrogens is 296 g/mol. The van der Waals surface area contributed by atoms with Crippen molar-refractivity contribution in [3.63, 3.8) is 0 Å². The van der Waals surface area contributed by atoms with E-state index in [1.165, 1.54) is 6.07 Å². The molecule has 0 spiro atoms. The standard InChI is InChI=1S/C14H11F2N3O3/c15-9-4-3-8(5-10(9)16)17-13(21)11-6-22-14(18-11)19-12(20)7-1-2-7/h3-7H,1-2H2,(H,17,21)(H,18,19,20). The average Bonchev–Trinajstić information content (AvgIpc) is 3.23. The largest absolute Gasteiger partial charge is 0.431 e. The van der Waals surface area contributed by atoms with E-state index in [-0.39, 0.29) is 29.2 Å². The van der Waals surface area contributed by atoms with E-state index in [0.29, 0.717) is 0 Å². The van der Waals surface area contributed by atoms with Crippen LogP contribution in [0.1, 0.15) is 23.3 Å². The number of nitrogens with one attached hydrogen (secondary N) is 2. The summed E-state index contributed by atoms with van der Waals surface area (Å²) in [5.74, 6) is -2.97. The molecule has 0 atom stereocenters. The van der Waals surface area contributed by atoms with Crippen molar-refractivity contribution in [3.8, 4) is 0 Å². The normalized spacial score (nSPS) is 13.7. The number of nitrogens with zero attached hydrogens (tertiary/aromatic N) is 1. The van der Waals surface area contributed by atoms with E-state index in [4.69, 9.17) is 4.42 Å². The minimum Gasteiger partial charge on any atom is -0.431 e. The lowest BCUT2D eigenvalue weighted by Crippen LogP contribution is -2.15. The Morgan fingerprint density at radius 2 is 1.95 bits per heavy atom. The van der Waals surface area contributed by atoms with E-state index >= 15 is 0 Å². The molecule has 2 aromatic rings. The fraction of sp³-hybridized carbons (Fsp3) is 0.214. The average molecular weight is 307 g/mol. The van der Waals surface area contributed by atoms with Gasteiger partial charge < -0.3 is 9.73 Å². The maximum Gasteiger partial charge on any atom is 0.302 e. The van der Waals surface area contributed by atoms with Crippen molar-refractivity contribution >= 4 is 23.5 Å². The van der Waals surface area contributed by atoms with Gasteiger partial charge in [-0.3, -0.25) is 14.9 Å². The molecule has 22 heavy (non-hydrogen) atoms. The molecule has 1 heterocycles. The molecule has 8 heteroatoms. The Morgan fingerprint density at radius 3 is 2.64 bits per heavy atom. The van der Waals surface area contributed by atoms with Crippen molar-refractivity contribution in [1.29, 1.82) is 0 Å². The highest BCUT2D eigenvalue weighted by molar-refractivity contribution is 6.03. The number of rotatable bonds is 4. The second-order valence-corrected chi connectivity index (χ2v) is 4.88. The fourth-order valence-corrected chi connectivity index (χ4v) is 1.76. The van der Waals surface area contributed by atoms with Gasteiger partial charge in [-0.1, -0.05) is 0 Å². The van der Waals surface area contributed by atoms with Crippen molar-refractivity contribution < 1.29 is 22.8 Å². The molecule has 2 amide bonds. The van der Waals surface area contributed by atoms with Crippen LogP contribution in [0.4, 0.5) is 20.5 Å². The first-order chi connectivity index (χ1) is 10.5. The lowest BCUT2D eigenvalue weighted by molar-refractivity contribution is -0.117. The number of halogens is 2. The van der Waals surface area contributed by atoms with Gasteiger partial charge in [-0.05, 0) is 25.0 Å². The summed E-state index contributed by atoms with van der Waals surface area (Å²) >= 11 is 0. The molecule has 6 nitrogen and oxygen atoms in total. The van der Waals surface area contributed by atoms with Crippen LogP contribution in [0.2, 0.25) is 0 Å². The maximum atomic E-state index is 13.1. The first-order valence-electron chi connectivity index (χ1n) is 6.56. The van der Waals surface area contributed by atoms with Gasteiger partial charge in [-0.2, -0.15) is 4.98 Å². The number of anilines is 2. The molecule has 2 N–H and O–H groups in total. The Hall–Kier alpha value is -2.77. The second kappa shape index (κ2) is 5.55. The van der Waals surface area contributed by atoms with Crippen LogP contribution < -0.4 is 10.6 Å². The van der Waals surface area contributed by atoms with Gasteiger partial charge in [-0.15, -0.1) is 0 Å². The molecule has 0 aliphatic heterocycles. The highest BCUT2D eigenvalue weighted by Gasteiger charge is 2.30. The third kappa shape index (κ3) is 3.11. The van der Waals surface area contributed by atoms with E-state index < -0.39 is 17.5 Å². The molecule has 1 aliphatic carbocycles. The highest BCUT2D eigenvalue weighted by Crippen LogP contribution is 2.30. The second-order valence-electron chi connectivity index (χ2n) is 4.88. The number of carbonyl (C=O) groups is 2. The maximum absolute atomic E-state index is 13.1. The smallest absolute Gasteiger partial charge is 0.302 e. The highest BCUT2D eigenvalue weighted by atomic mass is 19.2. The van der Waals surface area contributed by atoms with Gasteiger partial charge in [0.2, 0.25) is 5.91 Å². The molecule has 1 saturated carbocycles. The van der Waals surface area contributed by atoms with Crippen LogP contribution in [0.25, 0.3) is 0 Å². The van der Waals surface area contributed by atoms with Crippen LogP contribution in [0.5, 0.6) is 0 Å². The third-order valence-electron chi connectivity index (χ3n) is 3.09. The quantitative estimate of drug-likeness (QED) is 0.909. The lowest BCUT2D eigenvalue weighted by Gasteiger charge is -2.03. The van der Waals surface area contributed by atoms with Crippen molar-refractivity contribution in [3.05, 3.63) is 41.8 Å². The van der Waals surface area contributed by atoms with Crippen molar-refractivity contribution in [2.45, 2.75) is 12.8 Å². The molecule has 3 rings (SSSR count). The molecule has 0 unspecified atom stereocenters. The molecule has 0 saturated heterocycles. The molecule has 1 aromatic heterocycles. The summed E-state index contributed by atoms with van der Waals surface area (Å²) in [6, 6.07) is 2.89. The summed E-state index contributed by atoms with van der Waals surface area (Å²) in [6.45, 7) is 0. The van der Waals surface area contributed by atoms with E-state index in [2.05, 4.69) is 15.6 Å². The van der Waals surface area contributed by atoms with Crippen LogP contribution in [0.15, 0.2) is 28.9 Å². The summed E-state index contributed by atoms with van der Waals surface area (Å²) in [5.41, 5.74) is -0.00806. The van der Waals surface area contributed by atoms with Gasteiger partial charge in [-0.25, -0.2) is 8.78 Å². The van der Waals surface area contributed by atoms with Crippen molar-refractivity contribution in [1.82, 2.24) is 4.98 Å². The third-order valence-corrected chi connectivity index (χ3v) is 3.09. The molecule has 0 bridgehead atoms. The van der Waals surface area contributed by atoms with Gasteiger partial charge in [0.05, 0.1) is 0 Å². The monoisotopic (exact) mass is 307 g/mol. The number of oxazole rings is 1. The molecular formula is C14H11F2N3O3. The Morgan fingerprint density at radius 1 is 1.18 bits per heavy atom. The predicted octanol–water partition coefficient (Wildman–Crippen LogP) is 2.55. The zero-order valence-electron chi connectivity index (χ0n) is 11.2. The van der Waals surface area contributed by atoms with Crippen LogP contribution in [0, 0.1) is 17.6 Å². The molecule has 0 radical (unpaired) electrons. The van der Waals surface area contributed by atoms with E-state index in [1.54, 1.807) is 0 Å². The Labute approximate surface area is 123 Å². The number of carbonyl (C=O) groups excluding carboxylic acids is 2. The SMILES string of the molecule is O=C(Nc1ccc(F)c(F)c1)c1coc(NC(=O)C2CC2)n1.